The topological polar surface area (TPSA) is 87.7 Å². The Kier molecular flexibility index (Phi) is 5.43. The monoisotopic (exact) mass is 314 g/mol. The van der Waals surface area contributed by atoms with Crippen LogP contribution in [0.1, 0.15) is 25.8 Å². The third-order valence-electron chi connectivity index (χ3n) is 3.30. The van der Waals surface area contributed by atoms with Gasteiger partial charge in [-0.25, -0.2) is 9.59 Å². The van der Waals surface area contributed by atoms with Crippen molar-refractivity contribution in [2.45, 2.75) is 32.7 Å². The maximum atomic E-state index is 12.0. The zero-order valence-electron chi connectivity index (χ0n) is 12.4. The van der Waals surface area contributed by atoms with Crippen molar-refractivity contribution in [3.05, 3.63) is 22.7 Å². The lowest BCUT2D eigenvalue weighted by Crippen LogP contribution is -2.53. The Hall–Kier alpha value is -1.95. The van der Waals surface area contributed by atoms with E-state index in [9.17, 15) is 9.59 Å². The maximum Gasteiger partial charge on any atom is 0.329 e. The Bertz CT molecular complexity index is 562. The van der Waals surface area contributed by atoms with E-state index >= 15 is 0 Å². The van der Waals surface area contributed by atoms with Crippen molar-refractivity contribution >= 4 is 29.3 Å². The molecule has 0 aliphatic heterocycles. The molecule has 1 aromatic carbocycles. The van der Waals surface area contributed by atoms with Crippen molar-refractivity contribution in [2.75, 3.05) is 12.4 Å². The van der Waals surface area contributed by atoms with Gasteiger partial charge in [-0.1, -0.05) is 18.5 Å². The molecule has 0 heterocycles. The first-order valence-electron chi connectivity index (χ1n) is 6.40. The number of aryl methyl sites for hydroxylation is 1. The zero-order chi connectivity index (χ0) is 16.2. The van der Waals surface area contributed by atoms with Crippen LogP contribution >= 0.6 is 11.6 Å². The number of urea groups is 1. The molecule has 0 bridgehead atoms. The number of carbonyl (C=O) groups excluding carboxylic acids is 1. The summed E-state index contributed by atoms with van der Waals surface area (Å²) in [5, 5.41) is 14.7. The zero-order valence-corrected chi connectivity index (χ0v) is 13.2. The fourth-order valence-corrected chi connectivity index (χ4v) is 1.78. The molecular weight excluding hydrogens is 296 g/mol. The number of ether oxygens (including phenoxy) is 1. The Morgan fingerprint density at radius 2 is 2.05 bits per heavy atom. The summed E-state index contributed by atoms with van der Waals surface area (Å²) in [5.41, 5.74) is -0.149. The van der Waals surface area contributed by atoms with E-state index in [0.29, 0.717) is 16.5 Å². The second kappa shape index (κ2) is 6.67. The third-order valence-corrected chi connectivity index (χ3v) is 3.70. The molecule has 0 aliphatic carbocycles. The minimum absolute atomic E-state index is 0.256. The van der Waals surface area contributed by atoms with Crippen LogP contribution < -0.4 is 15.4 Å². The van der Waals surface area contributed by atoms with Crippen LogP contribution in [0.25, 0.3) is 0 Å². The highest BCUT2D eigenvalue weighted by Crippen LogP contribution is 2.30. The van der Waals surface area contributed by atoms with Crippen LogP contribution in [0.2, 0.25) is 5.02 Å². The van der Waals surface area contributed by atoms with E-state index in [1.807, 2.05) is 0 Å². The smallest absolute Gasteiger partial charge is 0.329 e. The van der Waals surface area contributed by atoms with E-state index in [1.165, 1.54) is 14.0 Å². The molecule has 1 unspecified atom stereocenters. The van der Waals surface area contributed by atoms with Gasteiger partial charge in [0.15, 0.2) is 0 Å². The summed E-state index contributed by atoms with van der Waals surface area (Å²) in [7, 11) is 1.46. The highest BCUT2D eigenvalue weighted by molar-refractivity contribution is 6.31. The SMILES string of the molecule is CCC(C)(NC(=O)Nc1cc(C)c(Cl)cc1OC)C(=O)O. The molecule has 7 heteroatoms. The van der Waals surface area contributed by atoms with E-state index in [-0.39, 0.29) is 6.42 Å². The minimum Gasteiger partial charge on any atom is -0.495 e. The average Bonchev–Trinajstić information content (AvgIpc) is 2.42. The number of aliphatic carboxylic acids is 1. The summed E-state index contributed by atoms with van der Waals surface area (Å²) >= 11 is 5.99. The van der Waals surface area contributed by atoms with E-state index in [0.717, 1.165) is 5.56 Å². The highest BCUT2D eigenvalue weighted by atomic mass is 35.5. The molecule has 0 saturated carbocycles. The Morgan fingerprint density at radius 1 is 1.43 bits per heavy atom. The van der Waals surface area contributed by atoms with Crippen molar-refractivity contribution in [1.29, 1.82) is 0 Å². The quantitative estimate of drug-likeness (QED) is 0.779. The molecule has 6 nitrogen and oxygen atoms in total. The van der Waals surface area contributed by atoms with E-state index < -0.39 is 17.5 Å². The Labute approximate surface area is 128 Å². The van der Waals surface area contributed by atoms with Crippen molar-refractivity contribution in [3.8, 4) is 5.75 Å². The summed E-state index contributed by atoms with van der Waals surface area (Å²) < 4.78 is 5.14. The van der Waals surface area contributed by atoms with Crippen molar-refractivity contribution < 1.29 is 19.4 Å². The number of hydrogen-bond acceptors (Lipinski definition) is 3. The lowest BCUT2D eigenvalue weighted by molar-refractivity contribution is -0.143. The molecule has 21 heavy (non-hydrogen) atoms. The summed E-state index contributed by atoms with van der Waals surface area (Å²) in [6.45, 7) is 4.92. The molecule has 116 valence electrons. The van der Waals surface area contributed by atoms with Gasteiger partial charge in [0, 0.05) is 11.1 Å². The minimum atomic E-state index is -1.33. The second-order valence-corrected chi connectivity index (χ2v) is 5.28. The standard InChI is InChI=1S/C14H19ClN2O4/c1-5-14(3,12(18)19)17-13(20)16-10-6-8(2)9(15)7-11(10)21-4/h6-7H,5H2,1-4H3,(H,18,19)(H2,16,17,20). The largest absolute Gasteiger partial charge is 0.495 e. The molecule has 0 fully saturated rings. The van der Waals surface area contributed by atoms with Crippen LogP contribution in [0.15, 0.2) is 12.1 Å². The number of amides is 2. The van der Waals surface area contributed by atoms with Crippen LogP contribution in [0.5, 0.6) is 5.75 Å². The molecule has 0 aromatic heterocycles. The van der Waals surface area contributed by atoms with Gasteiger partial charge in [-0.2, -0.15) is 0 Å². The molecule has 0 aliphatic rings. The number of nitrogens with one attached hydrogen (secondary N) is 2. The van der Waals surface area contributed by atoms with Gasteiger partial charge < -0.3 is 20.5 Å². The Morgan fingerprint density at radius 3 is 2.52 bits per heavy atom. The van der Waals surface area contributed by atoms with Crippen LogP contribution in [-0.2, 0) is 4.79 Å². The predicted octanol–water partition coefficient (Wildman–Crippen LogP) is 3.03. The van der Waals surface area contributed by atoms with Gasteiger partial charge in [0.2, 0.25) is 0 Å². The molecule has 0 spiro atoms. The van der Waals surface area contributed by atoms with Gasteiger partial charge in [0.1, 0.15) is 11.3 Å². The van der Waals surface area contributed by atoms with Crippen LogP contribution in [0, 0.1) is 6.92 Å². The molecule has 3 N–H and O–H groups in total. The summed E-state index contributed by atoms with van der Waals surface area (Å²) in [4.78, 5) is 23.2. The fraction of sp³-hybridized carbons (Fsp3) is 0.429. The average molecular weight is 315 g/mol. The van der Waals surface area contributed by atoms with Gasteiger partial charge in [-0.3, -0.25) is 0 Å². The van der Waals surface area contributed by atoms with Crippen LogP contribution in [0.3, 0.4) is 0 Å². The third kappa shape index (κ3) is 4.01. The molecule has 0 radical (unpaired) electrons. The molecule has 1 rings (SSSR count). The second-order valence-electron chi connectivity index (χ2n) is 4.87. The van der Waals surface area contributed by atoms with E-state index in [1.54, 1.807) is 26.0 Å². The molecule has 1 atom stereocenters. The molecular formula is C14H19ClN2O4. The number of benzene rings is 1. The van der Waals surface area contributed by atoms with E-state index in [4.69, 9.17) is 21.4 Å². The number of hydrogen-bond donors (Lipinski definition) is 3. The van der Waals surface area contributed by atoms with Crippen LogP contribution in [-0.4, -0.2) is 29.8 Å². The highest BCUT2D eigenvalue weighted by Gasteiger charge is 2.32. The molecule has 1 aromatic rings. The maximum absolute atomic E-state index is 12.0. The van der Waals surface area contributed by atoms with E-state index in [2.05, 4.69) is 10.6 Å². The number of halogens is 1. The summed E-state index contributed by atoms with van der Waals surface area (Å²) in [6, 6.07) is 2.62. The summed E-state index contributed by atoms with van der Waals surface area (Å²) in [5.74, 6) is -0.700. The lowest BCUT2D eigenvalue weighted by Gasteiger charge is -2.25. The van der Waals surface area contributed by atoms with Gasteiger partial charge in [0.05, 0.1) is 12.8 Å². The van der Waals surface area contributed by atoms with Crippen molar-refractivity contribution in [1.82, 2.24) is 5.32 Å². The summed E-state index contributed by atoms with van der Waals surface area (Å²) in [6.07, 6.45) is 0.256. The van der Waals surface area contributed by atoms with Gasteiger partial charge in [-0.15, -0.1) is 0 Å². The number of anilines is 1. The lowest BCUT2D eigenvalue weighted by atomic mass is 10.00. The first kappa shape index (κ1) is 17.1. The first-order chi connectivity index (χ1) is 9.73. The first-order valence-corrected chi connectivity index (χ1v) is 6.78. The fourth-order valence-electron chi connectivity index (χ4n) is 1.63. The van der Waals surface area contributed by atoms with Gasteiger partial charge >= 0.3 is 12.0 Å². The Balaban J connectivity index is 2.94. The van der Waals surface area contributed by atoms with Crippen molar-refractivity contribution in [3.63, 3.8) is 0 Å². The number of carbonyl (C=O) groups is 2. The predicted molar refractivity (Wildman–Crippen MR) is 81.2 cm³/mol. The number of carboxylic acid groups (broad SMARTS) is 1. The normalized spacial score (nSPS) is 13.2. The van der Waals surface area contributed by atoms with Gasteiger partial charge in [-0.05, 0) is 31.9 Å². The molecule has 2 amide bonds. The van der Waals surface area contributed by atoms with Crippen molar-refractivity contribution in [2.24, 2.45) is 0 Å². The number of methoxy groups -OCH3 is 1. The molecule has 0 saturated heterocycles. The number of carboxylic acids is 1. The van der Waals surface area contributed by atoms with Crippen LogP contribution in [0.4, 0.5) is 10.5 Å². The number of rotatable bonds is 5. The van der Waals surface area contributed by atoms with Gasteiger partial charge in [0.25, 0.3) is 0 Å².